The summed E-state index contributed by atoms with van der Waals surface area (Å²) < 4.78 is 19.4. The summed E-state index contributed by atoms with van der Waals surface area (Å²) in [4.78, 5) is 15.9. The van der Waals surface area contributed by atoms with Gasteiger partial charge in [0.15, 0.2) is 5.78 Å². The highest BCUT2D eigenvalue weighted by atomic mass is 19.1. The van der Waals surface area contributed by atoms with Crippen LogP contribution in [0.15, 0.2) is 30.3 Å². The second-order valence-corrected chi connectivity index (χ2v) is 4.52. The number of benzene rings is 1. The Kier molecular flexibility index (Phi) is 4.13. The van der Waals surface area contributed by atoms with Gasteiger partial charge >= 0.3 is 0 Å². The van der Waals surface area contributed by atoms with Crippen molar-refractivity contribution in [1.29, 1.82) is 0 Å². The first-order valence-electron chi connectivity index (χ1n) is 6.46. The number of Topliss-reactive ketones (excluding diaryl/α,β-unsaturated/α-hetero) is 1. The SMILES string of the molecule is CCc1nc(C)ccc1Oc1cccc(F)c1C(C)=O. The van der Waals surface area contributed by atoms with E-state index in [1.54, 1.807) is 12.1 Å². The molecule has 0 bridgehead atoms. The van der Waals surface area contributed by atoms with E-state index in [-0.39, 0.29) is 17.1 Å². The minimum Gasteiger partial charge on any atom is -0.455 e. The van der Waals surface area contributed by atoms with Crippen molar-refractivity contribution in [3.8, 4) is 11.5 Å². The van der Waals surface area contributed by atoms with Gasteiger partial charge in [0.1, 0.15) is 17.3 Å². The molecule has 0 radical (unpaired) electrons. The molecule has 0 N–H and O–H groups in total. The number of carbonyl (C=O) groups is 1. The van der Waals surface area contributed by atoms with Crippen LogP contribution in [0.5, 0.6) is 11.5 Å². The summed E-state index contributed by atoms with van der Waals surface area (Å²) in [5, 5.41) is 0. The van der Waals surface area contributed by atoms with Crippen molar-refractivity contribution in [3.05, 3.63) is 53.1 Å². The topological polar surface area (TPSA) is 39.2 Å². The highest BCUT2D eigenvalue weighted by Crippen LogP contribution is 2.29. The van der Waals surface area contributed by atoms with Crippen LogP contribution in [0.25, 0.3) is 0 Å². The maximum absolute atomic E-state index is 13.7. The molecule has 0 spiro atoms. The molecule has 0 unspecified atom stereocenters. The lowest BCUT2D eigenvalue weighted by molar-refractivity contribution is 0.101. The predicted octanol–water partition coefficient (Wildman–Crippen LogP) is 4.09. The predicted molar refractivity (Wildman–Crippen MR) is 74.8 cm³/mol. The summed E-state index contributed by atoms with van der Waals surface area (Å²) in [5.74, 6) is -0.173. The van der Waals surface area contributed by atoms with E-state index in [2.05, 4.69) is 4.98 Å². The minimum absolute atomic E-state index is 0.0323. The lowest BCUT2D eigenvalue weighted by Gasteiger charge is -2.12. The molecule has 20 heavy (non-hydrogen) atoms. The minimum atomic E-state index is -0.576. The second-order valence-electron chi connectivity index (χ2n) is 4.52. The summed E-state index contributed by atoms with van der Waals surface area (Å²) in [5.41, 5.74) is 1.64. The zero-order valence-electron chi connectivity index (χ0n) is 11.7. The lowest BCUT2D eigenvalue weighted by atomic mass is 10.1. The average molecular weight is 273 g/mol. The van der Waals surface area contributed by atoms with Crippen LogP contribution in [-0.2, 0) is 6.42 Å². The second kappa shape index (κ2) is 5.82. The zero-order valence-corrected chi connectivity index (χ0v) is 11.7. The summed E-state index contributed by atoms with van der Waals surface area (Å²) in [6.07, 6.45) is 0.696. The van der Waals surface area contributed by atoms with Gasteiger partial charge in [-0.05, 0) is 44.5 Å². The standard InChI is InChI=1S/C16H16FNO2/c1-4-13-14(9-8-10(2)18-13)20-15-7-5-6-12(17)16(15)11(3)19/h5-9H,4H2,1-3H3. The van der Waals surface area contributed by atoms with Crippen LogP contribution in [-0.4, -0.2) is 10.8 Å². The van der Waals surface area contributed by atoms with Gasteiger partial charge in [0.25, 0.3) is 0 Å². The van der Waals surface area contributed by atoms with Gasteiger partial charge in [0, 0.05) is 5.69 Å². The zero-order chi connectivity index (χ0) is 14.7. The molecule has 1 heterocycles. The Morgan fingerprint density at radius 3 is 2.65 bits per heavy atom. The molecule has 1 aromatic heterocycles. The molecule has 104 valence electrons. The number of pyridine rings is 1. The number of ketones is 1. The number of ether oxygens (including phenoxy) is 1. The van der Waals surface area contributed by atoms with E-state index in [4.69, 9.17) is 4.74 Å². The summed E-state index contributed by atoms with van der Waals surface area (Å²) >= 11 is 0. The van der Waals surface area contributed by atoms with E-state index in [9.17, 15) is 9.18 Å². The van der Waals surface area contributed by atoms with Gasteiger partial charge < -0.3 is 4.74 Å². The van der Waals surface area contributed by atoms with E-state index in [1.807, 2.05) is 19.9 Å². The summed E-state index contributed by atoms with van der Waals surface area (Å²) in [7, 11) is 0. The Morgan fingerprint density at radius 2 is 2.00 bits per heavy atom. The Bertz CT molecular complexity index is 653. The highest BCUT2D eigenvalue weighted by molar-refractivity contribution is 5.97. The number of carbonyl (C=O) groups excluding carboxylic acids is 1. The van der Waals surface area contributed by atoms with Gasteiger partial charge in [-0.15, -0.1) is 0 Å². The van der Waals surface area contributed by atoms with Crippen LogP contribution < -0.4 is 4.74 Å². The molecule has 4 heteroatoms. The van der Waals surface area contributed by atoms with Gasteiger partial charge in [-0.2, -0.15) is 0 Å². The number of halogens is 1. The largest absolute Gasteiger partial charge is 0.455 e. The molecule has 2 rings (SSSR count). The Morgan fingerprint density at radius 1 is 1.25 bits per heavy atom. The third-order valence-electron chi connectivity index (χ3n) is 2.95. The van der Waals surface area contributed by atoms with Crippen molar-refractivity contribution in [1.82, 2.24) is 4.98 Å². The van der Waals surface area contributed by atoms with Crippen LogP contribution >= 0.6 is 0 Å². The third kappa shape index (κ3) is 2.85. The van der Waals surface area contributed by atoms with Crippen molar-refractivity contribution >= 4 is 5.78 Å². The van der Waals surface area contributed by atoms with Crippen molar-refractivity contribution in [3.63, 3.8) is 0 Å². The van der Waals surface area contributed by atoms with Gasteiger partial charge in [-0.25, -0.2) is 4.39 Å². The van der Waals surface area contributed by atoms with Crippen LogP contribution in [0.4, 0.5) is 4.39 Å². The van der Waals surface area contributed by atoms with Crippen LogP contribution in [0.3, 0.4) is 0 Å². The average Bonchev–Trinajstić information content (AvgIpc) is 2.40. The van der Waals surface area contributed by atoms with Gasteiger partial charge in [0.05, 0.1) is 11.3 Å². The maximum atomic E-state index is 13.7. The summed E-state index contributed by atoms with van der Waals surface area (Å²) in [6.45, 7) is 5.18. The van der Waals surface area contributed by atoms with E-state index in [0.717, 1.165) is 11.4 Å². The molecular weight excluding hydrogens is 257 g/mol. The van der Waals surface area contributed by atoms with E-state index >= 15 is 0 Å². The maximum Gasteiger partial charge on any atom is 0.166 e. The first-order chi connectivity index (χ1) is 9.52. The monoisotopic (exact) mass is 273 g/mol. The molecule has 0 aliphatic rings. The normalized spacial score (nSPS) is 10.4. The molecule has 0 saturated heterocycles. The van der Waals surface area contributed by atoms with Crippen molar-refractivity contribution in [2.45, 2.75) is 27.2 Å². The van der Waals surface area contributed by atoms with Crippen LogP contribution in [0.1, 0.15) is 35.6 Å². The van der Waals surface area contributed by atoms with Crippen molar-refractivity contribution in [2.24, 2.45) is 0 Å². The van der Waals surface area contributed by atoms with Crippen molar-refractivity contribution in [2.75, 3.05) is 0 Å². The molecule has 0 aliphatic carbocycles. The summed E-state index contributed by atoms with van der Waals surface area (Å²) in [6, 6.07) is 7.96. The number of rotatable bonds is 4. The Hall–Kier alpha value is -2.23. The molecule has 0 atom stereocenters. The smallest absolute Gasteiger partial charge is 0.166 e. The number of aryl methyl sites for hydroxylation is 2. The lowest BCUT2D eigenvalue weighted by Crippen LogP contribution is -2.02. The molecular formula is C16H16FNO2. The van der Waals surface area contributed by atoms with Gasteiger partial charge in [-0.1, -0.05) is 13.0 Å². The molecule has 3 nitrogen and oxygen atoms in total. The first-order valence-corrected chi connectivity index (χ1v) is 6.46. The van der Waals surface area contributed by atoms with Gasteiger partial charge in [0.2, 0.25) is 0 Å². The van der Waals surface area contributed by atoms with E-state index < -0.39 is 5.82 Å². The molecule has 0 aliphatic heterocycles. The Labute approximate surface area is 117 Å². The molecule has 0 fully saturated rings. The highest BCUT2D eigenvalue weighted by Gasteiger charge is 2.16. The number of hydrogen-bond acceptors (Lipinski definition) is 3. The number of hydrogen-bond donors (Lipinski definition) is 0. The Balaban J connectivity index is 2.45. The van der Waals surface area contributed by atoms with E-state index in [0.29, 0.717) is 12.2 Å². The van der Waals surface area contributed by atoms with E-state index in [1.165, 1.54) is 19.1 Å². The molecule has 0 amide bonds. The number of aromatic nitrogens is 1. The molecule has 2 aromatic rings. The van der Waals surface area contributed by atoms with Crippen LogP contribution in [0.2, 0.25) is 0 Å². The molecule has 1 aromatic carbocycles. The molecule has 0 saturated carbocycles. The third-order valence-corrected chi connectivity index (χ3v) is 2.95. The first kappa shape index (κ1) is 14.2. The van der Waals surface area contributed by atoms with Gasteiger partial charge in [-0.3, -0.25) is 9.78 Å². The van der Waals surface area contributed by atoms with Crippen molar-refractivity contribution < 1.29 is 13.9 Å². The number of nitrogens with zero attached hydrogens (tertiary/aromatic N) is 1. The fourth-order valence-corrected chi connectivity index (χ4v) is 1.99. The fourth-order valence-electron chi connectivity index (χ4n) is 1.99. The van der Waals surface area contributed by atoms with Crippen LogP contribution in [0, 0.1) is 12.7 Å². The fraction of sp³-hybridized carbons (Fsp3) is 0.250. The quantitative estimate of drug-likeness (QED) is 0.788.